The molecule has 2 nitrogen and oxygen atoms in total. The van der Waals surface area contributed by atoms with Gasteiger partial charge in [-0.05, 0) is 6.42 Å². The maximum Gasteiger partial charge on any atom is 0.245 e. The molecule has 0 fully saturated rings. The van der Waals surface area contributed by atoms with Gasteiger partial charge in [0, 0.05) is 18.7 Å². The highest BCUT2D eigenvalue weighted by atomic mass is 31.2. The van der Waals surface area contributed by atoms with E-state index in [1.807, 2.05) is 0 Å². The van der Waals surface area contributed by atoms with Crippen LogP contribution in [-0.4, -0.2) is 12.3 Å². The topological polar surface area (TPSA) is 40.9 Å². The van der Waals surface area contributed by atoms with Crippen LogP contribution in [0.25, 0.3) is 0 Å². The summed E-state index contributed by atoms with van der Waals surface area (Å²) in [6.45, 7) is 1.78. The van der Waals surface area contributed by atoms with Crippen LogP contribution in [0.4, 0.5) is 4.20 Å². The minimum absolute atomic E-state index is 0.0633. The first kappa shape index (κ1) is 9.65. The molecule has 0 aliphatic heterocycles. The summed E-state index contributed by atoms with van der Waals surface area (Å²) < 4.78 is 23.4. The molecular formula is C6H11FNOP. The monoisotopic (exact) mass is 163 g/mol. The Morgan fingerprint density at radius 1 is 1.60 bits per heavy atom. The van der Waals surface area contributed by atoms with Gasteiger partial charge in [0.25, 0.3) is 0 Å². The fraction of sp³-hybridized carbons (Fsp3) is 0.833. The molecule has 0 N–H and O–H groups in total. The Labute approximate surface area is 60.5 Å². The lowest BCUT2D eigenvalue weighted by atomic mass is 10.6. The molecule has 4 heteroatoms. The number of rotatable bonds is 4. The molecule has 58 valence electrons. The molecule has 0 aromatic carbocycles. The SMILES string of the molecule is CCCP(=O)(F)CCC#N. The van der Waals surface area contributed by atoms with E-state index < -0.39 is 7.45 Å². The normalized spacial score (nSPS) is 15.7. The minimum atomic E-state index is -3.43. The molecule has 0 radical (unpaired) electrons. The third-order valence-corrected chi connectivity index (χ3v) is 3.12. The number of nitrogens with zero attached hydrogens (tertiary/aromatic N) is 1. The van der Waals surface area contributed by atoms with Crippen LogP contribution in [0.2, 0.25) is 0 Å². The Bertz CT molecular complexity index is 175. The van der Waals surface area contributed by atoms with Crippen LogP contribution in [-0.2, 0) is 4.57 Å². The van der Waals surface area contributed by atoms with Crippen LogP contribution in [0.5, 0.6) is 0 Å². The predicted molar refractivity (Wildman–Crippen MR) is 39.0 cm³/mol. The fourth-order valence-electron chi connectivity index (χ4n) is 0.663. The van der Waals surface area contributed by atoms with Gasteiger partial charge in [-0.1, -0.05) is 6.92 Å². The van der Waals surface area contributed by atoms with E-state index in [9.17, 15) is 8.76 Å². The Hall–Kier alpha value is -0.350. The van der Waals surface area contributed by atoms with Gasteiger partial charge in [-0.15, -0.1) is 0 Å². The number of hydrogen-bond donors (Lipinski definition) is 0. The van der Waals surface area contributed by atoms with Gasteiger partial charge >= 0.3 is 0 Å². The highest BCUT2D eigenvalue weighted by Gasteiger charge is 2.17. The first-order valence-corrected chi connectivity index (χ1v) is 5.24. The Morgan fingerprint density at radius 2 is 2.20 bits per heavy atom. The van der Waals surface area contributed by atoms with E-state index >= 15 is 0 Å². The van der Waals surface area contributed by atoms with Crippen molar-refractivity contribution in [2.24, 2.45) is 0 Å². The zero-order chi connectivity index (χ0) is 8.04. The van der Waals surface area contributed by atoms with E-state index in [4.69, 9.17) is 5.26 Å². The molecular weight excluding hydrogens is 152 g/mol. The molecule has 0 aromatic rings. The number of halogens is 1. The second kappa shape index (κ2) is 4.46. The Balaban J connectivity index is 3.67. The Morgan fingerprint density at radius 3 is 2.60 bits per heavy atom. The predicted octanol–water partition coefficient (Wildman–Crippen LogP) is 2.56. The van der Waals surface area contributed by atoms with Crippen molar-refractivity contribution in [3.05, 3.63) is 0 Å². The lowest BCUT2D eigenvalue weighted by Gasteiger charge is -2.02. The van der Waals surface area contributed by atoms with E-state index in [1.54, 1.807) is 13.0 Å². The van der Waals surface area contributed by atoms with Crippen molar-refractivity contribution in [2.45, 2.75) is 19.8 Å². The van der Waals surface area contributed by atoms with Crippen LogP contribution >= 0.6 is 7.45 Å². The van der Waals surface area contributed by atoms with Crippen LogP contribution < -0.4 is 0 Å². The third-order valence-electron chi connectivity index (χ3n) is 1.12. The molecule has 0 saturated carbocycles. The van der Waals surface area contributed by atoms with E-state index in [0.29, 0.717) is 6.42 Å². The quantitative estimate of drug-likeness (QED) is 0.597. The maximum atomic E-state index is 12.7. The Kier molecular flexibility index (Phi) is 4.31. The standard InChI is InChI=1S/C6H11FNOP/c1-2-5-10(7,9)6-3-4-8/h2-3,5-6H2,1H3. The molecule has 0 saturated heterocycles. The lowest BCUT2D eigenvalue weighted by molar-refractivity contribution is 0.538. The van der Waals surface area contributed by atoms with Gasteiger partial charge in [0.2, 0.25) is 7.45 Å². The largest absolute Gasteiger partial charge is 0.288 e. The van der Waals surface area contributed by atoms with Gasteiger partial charge in [-0.25, -0.2) is 0 Å². The smallest absolute Gasteiger partial charge is 0.245 e. The third kappa shape index (κ3) is 4.52. The summed E-state index contributed by atoms with van der Waals surface area (Å²) in [5.74, 6) is 0. The second-order valence-electron chi connectivity index (χ2n) is 2.15. The molecule has 0 aliphatic carbocycles. The average Bonchev–Trinajstić information content (AvgIpc) is 1.84. The highest BCUT2D eigenvalue weighted by molar-refractivity contribution is 7.58. The van der Waals surface area contributed by atoms with Crippen molar-refractivity contribution in [3.63, 3.8) is 0 Å². The molecule has 0 aromatic heterocycles. The van der Waals surface area contributed by atoms with Crippen LogP contribution in [0.15, 0.2) is 0 Å². The summed E-state index contributed by atoms with van der Waals surface area (Å²) in [6, 6.07) is 1.77. The molecule has 0 rings (SSSR count). The molecule has 0 heterocycles. The van der Waals surface area contributed by atoms with Crippen molar-refractivity contribution >= 4 is 7.45 Å². The number of hydrogen-bond acceptors (Lipinski definition) is 2. The van der Waals surface area contributed by atoms with Crippen molar-refractivity contribution in [2.75, 3.05) is 12.3 Å². The first-order chi connectivity index (χ1) is 4.62. The highest BCUT2D eigenvalue weighted by Crippen LogP contribution is 2.48. The summed E-state index contributed by atoms with van der Waals surface area (Å²) in [6.07, 6.45) is 0.693. The summed E-state index contributed by atoms with van der Waals surface area (Å²) in [4.78, 5) is 0. The average molecular weight is 163 g/mol. The van der Waals surface area contributed by atoms with E-state index in [1.165, 1.54) is 0 Å². The fourth-order valence-corrected chi connectivity index (χ4v) is 1.99. The zero-order valence-electron chi connectivity index (χ0n) is 6.01. The summed E-state index contributed by atoms with van der Waals surface area (Å²) in [5.41, 5.74) is 0. The summed E-state index contributed by atoms with van der Waals surface area (Å²) >= 11 is 0. The maximum absolute atomic E-state index is 12.7. The van der Waals surface area contributed by atoms with Gasteiger partial charge in [0.05, 0.1) is 6.07 Å². The molecule has 0 spiro atoms. The summed E-state index contributed by atoms with van der Waals surface area (Å²) in [7, 11) is -3.43. The van der Waals surface area contributed by atoms with Gasteiger partial charge in [0.1, 0.15) is 0 Å². The van der Waals surface area contributed by atoms with E-state index in [2.05, 4.69) is 0 Å². The molecule has 1 atom stereocenters. The van der Waals surface area contributed by atoms with Gasteiger partial charge < -0.3 is 0 Å². The molecule has 0 amide bonds. The minimum Gasteiger partial charge on any atom is -0.288 e. The first-order valence-electron chi connectivity index (χ1n) is 3.27. The van der Waals surface area contributed by atoms with Crippen molar-refractivity contribution in [1.82, 2.24) is 0 Å². The molecule has 1 unspecified atom stereocenters. The number of nitriles is 1. The lowest BCUT2D eigenvalue weighted by Crippen LogP contribution is -1.87. The van der Waals surface area contributed by atoms with Crippen molar-refractivity contribution in [3.8, 4) is 6.07 Å². The van der Waals surface area contributed by atoms with Crippen LogP contribution in [0.3, 0.4) is 0 Å². The molecule has 0 bridgehead atoms. The van der Waals surface area contributed by atoms with Gasteiger partial charge in [-0.3, -0.25) is 4.57 Å². The van der Waals surface area contributed by atoms with E-state index in [0.717, 1.165) is 0 Å². The van der Waals surface area contributed by atoms with Crippen LogP contribution in [0.1, 0.15) is 19.8 Å². The van der Waals surface area contributed by atoms with Crippen LogP contribution in [0, 0.1) is 11.3 Å². The second-order valence-corrected chi connectivity index (χ2v) is 4.62. The van der Waals surface area contributed by atoms with Gasteiger partial charge in [-0.2, -0.15) is 9.46 Å². The zero-order valence-corrected chi connectivity index (χ0v) is 6.90. The molecule has 0 aliphatic rings. The van der Waals surface area contributed by atoms with Crippen molar-refractivity contribution < 1.29 is 8.76 Å². The molecule has 10 heavy (non-hydrogen) atoms. The van der Waals surface area contributed by atoms with Gasteiger partial charge in [0.15, 0.2) is 0 Å². The van der Waals surface area contributed by atoms with Crippen molar-refractivity contribution in [1.29, 1.82) is 5.26 Å². The summed E-state index contributed by atoms with van der Waals surface area (Å²) in [5, 5.41) is 8.06. The van der Waals surface area contributed by atoms with E-state index in [-0.39, 0.29) is 18.7 Å².